The van der Waals surface area contributed by atoms with Crippen LogP contribution >= 0.6 is 0 Å². The molecule has 0 aromatic carbocycles. The molecule has 0 radical (unpaired) electrons. The minimum atomic E-state index is -2.86. The molecule has 0 saturated carbocycles. The summed E-state index contributed by atoms with van der Waals surface area (Å²) in [5.74, 6) is 1.60. The average molecular weight is 287 g/mol. The number of nitrogens with one attached hydrogen (secondary N) is 2. The number of hydrogen-bond donors (Lipinski definition) is 2. The molecule has 2 N–H and O–H groups in total. The van der Waals surface area contributed by atoms with Crippen molar-refractivity contribution in [1.29, 1.82) is 0 Å². The van der Waals surface area contributed by atoms with Gasteiger partial charge in [-0.15, -0.1) is 0 Å². The maximum atomic E-state index is 11.6. The molecule has 19 heavy (non-hydrogen) atoms. The maximum absolute atomic E-state index is 11.6. The minimum Gasteiger partial charge on any atom is -0.286 e. The number of aliphatic imine (C=N–C) groups is 1. The van der Waals surface area contributed by atoms with Crippen LogP contribution in [-0.2, 0) is 14.6 Å². The average Bonchev–Trinajstić information content (AvgIpc) is 2.62. The minimum absolute atomic E-state index is 0.114. The number of hydrazine groups is 1. The van der Waals surface area contributed by atoms with Gasteiger partial charge in [-0.1, -0.05) is 13.8 Å². The summed E-state index contributed by atoms with van der Waals surface area (Å²) in [4.78, 5) is 16.1. The molecule has 0 aromatic heterocycles. The van der Waals surface area contributed by atoms with Crippen LogP contribution in [0.15, 0.2) is 4.99 Å². The second-order valence-corrected chi connectivity index (χ2v) is 8.04. The normalized spacial score (nSPS) is 29.8. The van der Waals surface area contributed by atoms with E-state index in [1.54, 1.807) is 0 Å². The highest BCUT2D eigenvalue weighted by molar-refractivity contribution is 7.91. The fourth-order valence-corrected chi connectivity index (χ4v) is 4.37. The summed E-state index contributed by atoms with van der Waals surface area (Å²) in [5.41, 5.74) is 5.40. The van der Waals surface area contributed by atoms with Crippen LogP contribution < -0.4 is 10.9 Å². The molecule has 2 rings (SSSR count). The second kappa shape index (κ2) is 5.48. The van der Waals surface area contributed by atoms with E-state index < -0.39 is 9.84 Å². The van der Waals surface area contributed by atoms with E-state index >= 15 is 0 Å². The molecule has 6 nitrogen and oxygen atoms in total. The van der Waals surface area contributed by atoms with Crippen molar-refractivity contribution in [3.8, 4) is 0 Å². The van der Waals surface area contributed by atoms with Crippen LogP contribution in [0.5, 0.6) is 0 Å². The molecule has 2 aliphatic rings. The quantitative estimate of drug-likeness (QED) is 0.776. The summed E-state index contributed by atoms with van der Waals surface area (Å²) >= 11 is 0. The van der Waals surface area contributed by atoms with E-state index in [9.17, 15) is 13.2 Å². The lowest BCUT2D eigenvalue weighted by Gasteiger charge is -2.24. The van der Waals surface area contributed by atoms with Gasteiger partial charge in [-0.25, -0.2) is 8.42 Å². The largest absolute Gasteiger partial charge is 0.286 e. The molecule has 108 valence electrons. The number of amides is 1. The van der Waals surface area contributed by atoms with Gasteiger partial charge >= 0.3 is 0 Å². The fourth-order valence-electron chi connectivity index (χ4n) is 2.51. The van der Waals surface area contributed by atoms with E-state index in [-0.39, 0.29) is 29.4 Å². The zero-order valence-corrected chi connectivity index (χ0v) is 12.2. The number of nitrogens with zero attached hydrogens (tertiary/aromatic N) is 1. The predicted molar refractivity (Wildman–Crippen MR) is 73.3 cm³/mol. The summed E-state index contributed by atoms with van der Waals surface area (Å²) in [6.07, 6.45) is 1.99. The smallest absolute Gasteiger partial charge is 0.263 e. The van der Waals surface area contributed by atoms with Crippen molar-refractivity contribution >= 4 is 21.6 Å². The molecule has 0 aliphatic carbocycles. The second-order valence-electron chi connectivity index (χ2n) is 5.81. The van der Waals surface area contributed by atoms with Crippen LogP contribution in [0.1, 0.15) is 33.1 Å². The van der Waals surface area contributed by atoms with Crippen LogP contribution in [0.4, 0.5) is 0 Å². The molecule has 1 amide bonds. The summed E-state index contributed by atoms with van der Waals surface area (Å²) in [5, 5.41) is 0. The third-order valence-corrected chi connectivity index (χ3v) is 5.28. The summed E-state index contributed by atoms with van der Waals surface area (Å²) in [6.45, 7) is 4.10. The Labute approximate surface area is 113 Å². The molecule has 2 aliphatic heterocycles. The van der Waals surface area contributed by atoms with Gasteiger partial charge in [0, 0.05) is 6.42 Å². The Balaban J connectivity index is 1.98. The Bertz CT molecular complexity index is 484. The van der Waals surface area contributed by atoms with Gasteiger partial charge < -0.3 is 0 Å². The van der Waals surface area contributed by atoms with E-state index in [1.807, 2.05) is 13.8 Å². The Hall–Kier alpha value is -1.11. The molecular weight excluding hydrogens is 266 g/mol. The van der Waals surface area contributed by atoms with Gasteiger partial charge in [-0.3, -0.25) is 20.6 Å². The van der Waals surface area contributed by atoms with Crippen LogP contribution in [0, 0.1) is 11.8 Å². The Kier molecular flexibility index (Phi) is 4.13. The van der Waals surface area contributed by atoms with Crippen molar-refractivity contribution < 1.29 is 13.2 Å². The highest BCUT2D eigenvalue weighted by atomic mass is 32.2. The van der Waals surface area contributed by atoms with Gasteiger partial charge in [0.2, 0.25) is 0 Å². The van der Waals surface area contributed by atoms with Crippen molar-refractivity contribution in [2.75, 3.05) is 11.5 Å². The van der Waals surface area contributed by atoms with Crippen molar-refractivity contribution in [3.63, 3.8) is 0 Å². The zero-order valence-electron chi connectivity index (χ0n) is 11.3. The van der Waals surface area contributed by atoms with E-state index in [4.69, 9.17) is 0 Å². The maximum Gasteiger partial charge on any atom is 0.263 e. The third kappa shape index (κ3) is 3.92. The van der Waals surface area contributed by atoms with Gasteiger partial charge in [0.1, 0.15) is 11.9 Å². The highest BCUT2D eigenvalue weighted by Crippen LogP contribution is 2.22. The summed E-state index contributed by atoms with van der Waals surface area (Å²) < 4.78 is 22.8. The molecule has 2 unspecified atom stereocenters. The van der Waals surface area contributed by atoms with Gasteiger partial charge in [-0.05, 0) is 24.7 Å². The molecule has 0 bridgehead atoms. The van der Waals surface area contributed by atoms with E-state index in [0.717, 1.165) is 0 Å². The molecular formula is C12H21N3O3S. The topological polar surface area (TPSA) is 87.6 Å². The van der Waals surface area contributed by atoms with Crippen molar-refractivity contribution in [2.24, 2.45) is 16.8 Å². The number of carbonyl (C=O) groups is 1. The highest BCUT2D eigenvalue weighted by Gasteiger charge is 2.31. The van der Waals surface area contributed by atoms with Crippen molar-refractivity contribution in [2.45, 2.75) is 39.2 Å². The van der Waals surface area contributed by atoms with E-state index in [1.165, 1.54) is 0 Å². The SMILES string of the molecule is CC(C)CC1N=C(CC2CCS(=O)(=O)C2)NNC1=O. The molecule has 1 fully saturated rings. The van der Waals surface area contributed by atoms with Crippen LogP contribution in [-0.4, -0.2) is 37.7 Å². The van der Waals surface area contributed by atoms with E-state index in [0.29, 0.717) is 31.0 Å². The molecule has 0 aromatic rings. The number of rotatable bonds is 4. The lowest BCUT2D eigenvalue weighted by Crippen LogP contribution is -2.51. The standard InChI is InChI=1S/C12H21N3O3S/c1-8(2)5-10-12(16)15-14-11(13-10)6-9-3-4-19(17,18)7-9/h8-10H,3-7H2,1-2H3,(H,13,14)(H,15,16). The van der Waals surface area contributed by atoms with Gasteiger partial charge in [0.25, 0.3) is 5.91 Å². The van der Waals surface area contributed by atoms with Crippen LogP contribution in [0.25, 0.3) is 0 Å². The Morgan fingerprint density at radius 2 is 2.11 bits per heavy atom. The number of sulfone groups is 1. The fraction of sp³-hybridized carbons (Fsp3) is 0.833. The number of amidine groups is 1. The molecule has 2 atom stereocenters. The first-order chi connectivity index (χ1) is 8.85. The van der Waals surface area contributed by atoms with Gasteiger partial charge in [0.05, 0.1) is 11.5 Å². The number of carbonyl (C=O) groups excluding carboxylic acids is 1. The van der Waals surface area contributed by atoms with Gasteiger partial charge in [-0.2, -0.15) is 0 Å². The van der Waals surface area contributed by atoms with Crippen LogP contribution in [0.3, 0.4) is 0 Å². The third-order valence-electron chi connectivity index (χ3n) is 3.45. The number of hydrogen-bond acceptors (Lipinski definition) is 5. The predicted octanol–water partition coefficient (Wildman–Crippen LogP) is 0.259. The molecule has 2 heterocycles. The lowest BCUT2D eigenvalue weighted by molar-refractivity contribution is -0.123. The first-order valence-corrected chi connectivity index (χ1v) is 8.51. The molecule has 0 spiro atoms. The van der Waals surface area contributed by atoms with E-state index in [2.05, 4.69) is 15.8 Å². The Morgan fingerprint density at radius 3 is 2.68 bits per heavy atom. The first kappa shape index (κ1) is 14.3. The van der Waals surface area contributed by atoms with Crippen LogP contribution in [0.2, 0.25) is 0 Å². The van der Waals surface area contributed by atoms with Crippen molar-refractivity contribution in [1.82, 2.24) is 10.9 Å². The summed E-state index contributed by atoms with van der Waals surface area (Å²) in [6, 6.07) is -0.353. The monoisotopic (exact) mass is 287 g/mol. The van der Waals surface area contributed by atoms with Gasteiger partial charge in [0.15, 0.2) is 9.84 Å². The van der Waals surface area contributed by atoms with Crippen molar-refractivity contribution in [3.05, 3.63) is 0 Å². The first-order valence-electron chi connectivity index (χ1n) is 6.68. The lowest BCUT2D eigenvalue weighted by atomic mass is 10.0. The zero-order chi connectivity index (χ0) is 14.0. The molecule has 7 heteroatoms. The molecule has 1 saturated heterocycles. The Morgan fingerprint density at radius 1 is 1.37 bits per heavy atom. The summed E-state index contributed by atoms with van der Waals surface area (Å²) in [7, 11) is -2.86.